The van der Waals surface area contributed by atoms with Gasteiger partial charge in [0.1, 0.15) is 0 Å². The maximum absolute atomic E-state index is 12.3. The Morgan fingerprint density at radius 2 is 2.12 bits per heavy atom. The number of nitrogens with zero attached hydrogens (tertiary/aromatic N) is 2. The van der Waals surface area contributed by atoms with E-state index in [0.717, 1.165) is 5.56 Å². The molecule has 7 heteroatoms. The number of benzene rings is 1. The van der Waals surface area contributed by atoms with E-state index in [1.807, 2.05) is 26.0 Å². The molecule has 1 aromatic heterocycles. The number of halogens is 1. The molecule has 0 spiro atoms. The fourth-order valence-electron chi connectivity index (χ4n) is 2.52. The lowest BCUT2D eigenvalue weighted by Crippen LogP contribution is -2.45. The third kappa shape index (κ3) is 4.13. The number of nitrogens with two attached hydrogens (primary N) is 1. The molecule has 0 saturated carbocycles. The lowest BCUT2D eigenvalue weighted by molar-refractivity contribution is -0.131. The molecule has 2 aromatic rings. The summed E-state index contributed by atoms with van der Waals surface area (Å²) in [5.41, 5.74) is 6.07. The first kappa shape index (κ1) is 18.4. The second-order valence-corrected chi connectivity index (χ2v) is 6.16. The summed E-state index contributed by atoms with van der Waals surface area (Å²) in [7, 11) is 0. The van der Waals surface area contributed by atoms with Gasteiger partial charge in [0.2, 0.25) is 17.6 Å². The number of carbonyl (C=O) groups is 1. The fraction of sp³-hybridized carbons (Fsp3) is 0.471. The number of nitrogens with one attached hydrogen (secondary N) is 1. The first-order chi connectivity index (χ1) is 11.5. The van der Waals surface area contributed by atoms with E-state index in [-0.39, 0.29) is 5.91 Å². The topological polar surface area (TPSA) is 94.0 Å². The van der Waals surface area contributed by atoms with E-state index in [4.69, 9.17) is 21.9 Å². The molecular weight excluding hydrogens is 328 g/mol. The summed E-state index contributed by atoms with van der Waals surface area (Å²) < 4.78 is 5.23. The highest BCUT2D eigenvalue weighted by Gasteiger charge is 2.32. The maximum Gasteiger partial charge on any atom is 0.228 e. The molecule has 6 nitrogen and oxygen atoms in total. The van der Waals surface area contributed by atoms with Gasteiger partial charge in [-0.15, -0.1) is 0 Å². The minimum atomic E-state index is -0.499. The third-order valence-corrected chi connectivity index (χ3v) is 4.64. The van der Waals surface area contributed by atoms with Crippen molar-refractivity contribution in [2.45, 2.75) is 33.1 Å². The summed E-state index contributed by atoms with van der Waals surface area (Å²) in [6.45, 7) is 4.72. The molecule has 1 aromatic carbocycles. The summed E-state index contributed by atoms with van der Waals surface area (Å²) >= 11 is 5.96. The Morgan fingerprint density at radius 3 is 2.75 bits per heavy atom. The van der Waals surface area contributed by atoms with Crippen molar-refractivity contribution in [3.05, 3.63) is 35.2 Å². The molecule has 0 aliphatic rings. The molecule has 0 atom stereocenters. The molecule has 0 fully saturated rings. The van der Waals surface area contributed by atoms with Crippen LogP contribution in [0, 0.1) is 5.41 Å². The van der Waals surface area contributed by atoms with Gasteiger partial charge in [0.15, 0.2) is 0 Å². The standard InChI is InChI=1S/C17H23ClN4O2/c1-3-17(4-2,11-19)16(23)20-9-8-14-21-15(22-24-14)12-6-5-7-13(18)10-12/h5-7,10H,3-4,8-9,11,19H2,1-2H3,(H,20,23). The molecular formula is C17H23ClN4O2. The predicted octanol–water partition coefficient (Wildman–Crippen LogP) is 2.81. The molecule has 0 unspecified atom stereocenters. The molecule has 2 rings (SSSR count). The maximum atomic E-state index is 12.3. The summed E-state index contributed by atoms with van der Waals surface area (Å²) in [4.78, 5) is 16.7. The van der Waals surface area contributed by atoms with Crippen LogP contribution >= 0.6 is 11.6 Å². The highest BCUT2D eigenvalue weighted by atomic mass is 35.5. The molecule has 0 bridgehead atoms. The number of carbonyl (C=O) groups excluding carboxylic acids is 1. The van der Waals surface area contributed by atoms with Crippen LogP contribution < -0.4 is 11.1 Å². The zero-order chi connectivity index (χ0) is 17.6. The van der Waals surface area contributed by atoms with Gasteiger partial charge in [0.05, 0.1) is 5.41 Å². The molecule has 3 N–H and O–H groups in total. The minimum absolute atomic E-state index is 0.0235. The van der Waals surface area contributed by atoms with Crippen LogP contribution in [0.3, 0.4) is 0 Å². The van der Waals surface area contributed by atoms with Crippen LogP contribution in [0.25, 0.3) is 11.4 Å². The average Bonchev–Trinajstić information content (AvgIpc) is 3.06. The monoisotopic (exact) mass is 350 g/mol. The smallest absolute Gasteiger partial charge is 0.228 e. The van der Waals surface area contributed by atoms with Gasteiger partial charge in [-0.2, -0.15) is 4.98 Å². The van der Waals surface area contributed by atoms with E-state index >= 15 is 0 Å². The summed E-state index contributed by atoms with van der Waals surface area (Å²) in [5.74, 6) is 0.929. The summed E-state index contributed by atoms with van der Waals surface area (Å²) in [6.07, 6.45) is 1.89. The highest BCUT2D eigenvalue weighted by Crippen LogP contribution is 2.25. The van der Waals surface area contributed by atoms with Crippen molar-refractivity contribution >= 4 is 17.5 Å². The van der Waals surface area contributed by atoms with E-state index < -0.39 is 5.41 Å². The summed E-state index contributed by atoms with van der Waals surface area (Å²) in [5, 5.41) is 7.47. The Kier molecular flexibility index (Phi) is 6.34. The first-order valence-corrected chi connectivity index (χ1v) is 8.49. The van der Waals surface area contributed by atoms with Gasteiger partial charge in [-0.05, 0) is 25.0 Å². The van der Waals surface area contributed by atoms with Crippen LogP contribution in [0.2, 0.25) is 5.02 Å². The lowest BCUT2D eigenvalue weighted by Gasteiger charge is -2.28. The number of hydrogen-bond donors (Lipinski definition) is 2. The Morgan fingerprint density at radius 1 is 1.38 bits per heavy atom. The van der Waals surface area contributed by atoms with Crippen molar-refractivity contribution in [1.82, 2.24) is 15.5 Å². The summed E-state index contributed by atoms with van der Waals surface area (Å²) in [6, 6.07) is 7.25. The zero-order valence-electron chi connectivity index (χ0n) is 14.0. The minimum Gasteiger partial charge on any atom is -0.355 e. The molecule has 130 valence electrons. The Bertz CT molecular complexity index is 674. The van der Waals surface area contributed by atoms with Gasteiger partial charge >= 0.3 is 0 Å². The van der Waals surface area contributed by atoms with Gasteiger partial charge in [-0.1, -0.05) is 42.7 Å². The van der Waals surface area contributed by atoms with Crippen molar-refractivity contribution in [2.75, 3.05) is 13.1 Å². The Labute approximate surface area is 146 Å². The van der Waals surface area contributed by atoms with E-state index in [0.29, 0.717) is 49.1 Å². The highest BCUT2D eigenvalue weighted by molar-refractivity contribution is 6.30. The first-order valence-electron chi connectivity index (χ1n) is 8.11. The van der Waals surface area contributed by atoms with Crippen LogP contribution in [0.1, 0.15) is 32.6 Å². The van der Waals surface area contributed by atoms with Crippen molar-refractivity contribution in [2.24, 2.45) is 11.1 Å². The number of amides is 1. The van der Waals surface area contributed by atoms with Crippen molar-refractivity contribution < 1.29 is 9.32 Å². The van der Waals surface area contributed by atoms with Crippen molar-refractivity contribution in [3.63, 3.8) is 0 Å². The fourth-order valence-corrected chi connectivity index (χ4v) is 2.71. The molecule has 0 saturated heterocycles. The van der Waals surface area contributed by atoms with Crippen LogP contribution in [0.15, 0.2) is 28.8 Å². The third-order valence-electron chi connectivity index (χ3n) is 4.40. The van der Waals surface area contributed by atoms with Gasteiger partial charge in [-0.25, -0.2) is 0 Å². The zero-order valence-corrected chi connectivity index (χ0v) is 14.8. The van der Waals surface area contributed by atoms with Gasteiger partial charge in [-0.3, -0.25) is 4.79 Å². The predicted molar refractivity (Wildman–Crippen MR) is 93.5 cm³/mol. The van der Waals surface area contributed by atoms with E-state index in [1.54, 1.807) is 12.1 Å². The Hall–Kier alpha value is -1.92. The second-order valence-electron chi connectivity index (χ2n) is 5.72. The molecule has 0 aliphatic carbocycles. The molecule has 0 aliphatic heterocycles. The normalized spacial score (nSPS) is 11.5. The number of hydrogen-bond acceptors (Lipinski definition) is 5. The second kappa shape index (κ2) is 8.26. The van der Waals surface area contributed by atoms with Crippen molar-refractivity contribution in [3.8, 4) is 11.4 Å². The van der Waals surface area contributed by atoms with E-state index in [9.17, 15) is 4.79 Å². The van der Waals surface area contributed by atoms with Crippen LogP contribution in [0.5, 0.6) is 0 Å². The molecule has 1 heterocycles. The van der Waals surface area contributed by atoms with E-state index in [1.165, 1.54) is 0 Å². The van der Waals surface area contributed by atoms with Crippen molar-refractivity contribution in [1.29, 1.82) is 0 Å². The van der Waals surface area contributed by atoms with Gasteiger partial charge in [0, 0.05) is 30.1 Å². The number of aromatic nitrogens is 2. The molecule has 1 amide bonds. The SMILES string of the molecule is CCC(CC)(CN)C(=O)NCCc1nc(-c2cccc(Cl)c2)no1. The van der Waals surface area contributed by atoms with Gasteiger partial charge < -0.3 is 15.6 Å². The van der Waals surface area contributed by atoms with Crippen LogP contribution in [-0.2, 0) is 11.2 Å². The Balaban J connectivity index is 1.93. The van der Waals surface area contributed by atoms with Crippen LogP contribution in [0.4, 0.5) is 0 Å². The van der Waals surface area contributed by atoms with Crippen LogP contribution in [-0.4, -0.2) is 29.1 Å². The quantitative estimate of drug-likeness (QED) is 0.763. The van der Waals surface area contributed by atoms with Gasteiger partial charge in [0.25, 0.3) is 0 Å². The lowest BCUT2D eigenvalue weighted by atomic mass is 9.81. The number of rotatable bonds is 8. The molecule has 0 radical (unpaired) electrons. The molecule has 24 heavy (non-hydrogen) atoms. The largest absolute Gasteiger partial charge is 0.355 e. The van der Waals surface area contributed by atoms with E-state index in [2.05, 4.69) is 15.5 Å². The average molecular weight is 351 g/mol.